The zero-order valence-electron chi connectivity index (χ0n) is 14.8. The van der Waals surface area contributed by atoms with Gasteiger partial charge in [0.05, 0.1) is 7.11 Å². The molecule has 0 radical (unpaired) electrons. The quantitative estimate of drug-likeness (QED) is 0.559. The number of hydrogen-bond acceptors (Lipinski definition) is 6. The molecule has 0 atom stereocenters. The lowest BCUT2D eigenvalue weighted by atomic mass is 10.3. The number of hydrogen-bond donors (Lipinski definition) is 1. The number of anilines is 1. The first-order valence-corrected chi connectivity index (χ1v) is 8.19. The third-order valence-electron chi connectivity index (χ3n) is 3.96. The molecule has 1 N–H and O–H groups in total. The number of pyridine rings is 1. The SMILES string of the molecule is COc1ccc(NC(=O)c2cn3cc(-c4noc(C(F)(F)F)n4)ccc3n2)cc1. The second-order valence-corrected chi connectivity index (χ2v) is 5.91. The predicted octanol–water partition coefficient (Wildman–Crippen LogP) is 3.66. The Balaban J connectivity index is 1.57. The van der Waals surface area contributed by atoms with Crippen LogP contribution in [0.5, 0.6) is 5.75 Å². The van der Waals surface area contributed by atoms with Crippen LogP contribution in [0, 0.1) is 0 Å². The number of imidazole rings is 1. The summed E-state index contributed by atoms with van der Waals surface area (Å²) < 4.78 is 48.6. The molecule has 0 unspecified atom stereocenters. The first-order valence-electron chi connectivity index (χ1n) is 8.19. The Morgan fingerprint density at radius 3 is 2.52 bits per heavy atom. The van der Waals surface area contributed by atoms with E-state index >= 15 is 0 Å². The van der Waals surface area contributed by atoms with Crippen LogP contribution in [-0.4, -0.2) is 32.5 Å². The van der Waals surface area contributed by atoms with E-state index in [0.717, 1.165) is 0 Å². The Morgan fingerprint density at radius 2 is 1.86 bits per heavy atom. The van der Waals surface area contributed by atoms with Gasteiger partial charge in [-0.25, -0.2) is 4.98 Å². The predicted molar refractivity (Wildman–Crippen MR) is 94.4 cm³/mol. The average Bonchev–Trinajstić information content (AvgIpc) is 3.35. The van der Waals surface area contributed by atoms with Gasteiger partial charge < -0.3 is 19.0 Å². The first-order chi connectivity index (χ1) is 13.8. The minimum Gasteiger partial charge on any atom is -0.497 e. The molecule has 29 heavy (non-hydrogen) atoms. The van der Waals surface area contributed by atoms with E-state index in [2.05, 4.69) is 25.0 Å². The summed E-state index contributed by atoms with van der Waals surface area (Å²) in [7, 11) is 1.54. The van der Waals surface area contributed by atoms with Crippen LogP contribution in [0.3, 0.4) is 0 Å². The number of fused-ring (bicyclic) bond motifs is 1. The van der Waals surface area contributed by atoms with Gasteiger partial charge in [-0.2, -0.15) is 18.2 Å². The van der Waals surface area contributed by atoms with E-state index in [1.807, 2.05) is 0 Å². The van der Waals surface area contributed by atoms with Crippen LogP contribution >= 0.6 is 0 Å². The highest BCUT2D eigenvalue weighted by Crippen LogP contribution is 2.29. The molecular weight excluding hydrogens is 391 g/mol. The number of amides is 1. The summed E-state index contributed by atoms with van der Waals surface area (Å²) in [6, 6.07) is 9.78. The van der Waals surface area contributed by atoms with Gasteiger partial charge in [0.1, 0.15) is 17.1 Å². The molecule has 3 aromatic heterocycles. The molecule has 4 rings (SSSR count). The molecule has 148 valence electrons. The minimum atomic E-state index is -4.73. The molecule has 0 spiro atoms. The van der Waals surface area contributed by atoms with Crippen molar-refractivity contribution in [1.29, 1.82) is 0 Å². The maximum absolute atomic E-state index is 12.6. The lowest BCUT2D eigenvalue weighted by Crippen LogP contribution is -2.12. The van der Waals surface area contributed by atoms with Crippen LogP contribution in [0.15, 0.2) is 53.3 Å². The number of ether oxygens (including phenoxy) is 1. The van der Waals surface area contributed by atoms with Crippen molar-refractivity contribution < 1.29 is 27.2 Å². The summed E-state index contributed by atoms with van der Waals surface area (Å²) in [5, 5.41) is 6.04. The molecule has 0 bridgehead atoms. The van der Waals surface area contributed by atoms with Gasteiger partial charge in [0.2, 0.25) is 5.82 Å². The van der Waals surface area contributed by atoms with E-state index in [-0.39, 0.29) is 17.1 Å². The standard InChI is InChI=1S/C18H12F3N5O3/c1-28-12-5-3-11(4-6-12)22-16(27)13-9-26-8-10(2-7-14(26)23-13)15-24-17(29-25-15)18(19,20)21/h2-9H,1H3,(H,22,27). The number of benzene rings is 1. The van der Waals surface area contributed by atoms with Crippen LogP contribution in [0.1, 0.15) is 16.4 Å². The van der Waals surface area contributed by atoms with Crippen LogP contribution in [0.2, 0.25) is 0 Å². The van der Waals surface area contributed by atoms with Gasteiger partial charge in [-0.1, -0.05) is 5.16 Å². The van der Waals surface area contributed by atoms with Crippen molar-refractivity contribution in [3.8, 4) is 17.1 Å². The third-order valence-corrected chi connectivity index (χ3v) is 3.96. The molecule has 0 saturated carbocycles. The number of halogens is 3. The second kappa shape index (κ2) is 6.93. The number of alkyl halides is 3. The van der Waals surface area contributed by atoms with Gasteiger partial charge in [-0.3, -0.25) is 4.79 Å². The van der Waals surface area contributed by atoms with E-state index < -0.39 is 18.0 Å². The van der Waals surface area contributed by atoms with E-state index in [0.29, 0.717) is 17.1 Å². The number of carbonyl (C=O) groups excluding carboxylic acids is 1. The number of nitrogens with one attached hydrogen (secondary N) is 1. The Kier molecular flexibility index (Phi) is 4.41. The Bertz CT molecular complexity index is 1180. The van der Waals surface area contributed by atoms with Crippen molar-refractivity contribution in [1.82, 2.24) is 19.5 Å². The highest BCUT2D eigenvalue weighted by atomic mass is 19.4. The van der Waals surface area contributed by atoms with Gasteiger partial charge in [0, 0.05) is 23.6 Å². The topological polar surface area (TPSA) is 94.5 Å². The number of rotatable bonds is 4. The van der Waals surface area contributed by atoms with Crippen LogP contribution in [0.4, 0.5) is 18.9 Å². The maximum atomic E-state index is 12.6. The lowest BCUT2D eigenvalue weighted by Gasteiger charge is -2.04. The molecule has 0 aliphatic heterocycles. The molecule has 4 aromatic rings. The van der Waals surface area contributed by atoms with Crippen molar-refractivity contribution in [2.24, 2.45) is 0 Å². The van der Waals surface area contributed by atoms with E-state index in [4.69, 9.17) is 4.74 Å². The van der Waals surface area contributed by atoms with Crippen molar-refractivity contribution in [2.75, 3.05) is 12.4 Å². The fourth-order valence-electron chi connectivity index (χ4n) is 2.56. The fourth-order valence-corrected chi connectivity index (χ4v) is 2.56. The van der Waals surface area contributed by atoms with Crippen LogP contribution in [0.25, 0.3) is 17.0 Å². The maximum Gasteiger partial charge on any atom is 0.471 e. The highest BCUT2D eigenvalue weighted by Gasteiger charge is 2.38. The Morgan fingerprint density at radius 1 is 1.10 bits per heavy atom. The van der Waals surface area contributed by atoms with Crippen LogP contribution < -0.4 is 10.1 Å². The number of methoxy groups -OCH3 is 1. The Labute approximate surface area is 160 Å². The van der Waals surface area contributed by atoms with Crippen molar-refractivity contribution >= 4 is 17.2 Å². The summed E-state index contributed by atoms with van der Waals surface area (Å²) >= 11 is 0. The zero-order chi connectivity index (χ0) is 20.6. The van der Waals surface area contributed by atoms with Gasteiger partial charge in [-0.05, 0) is 36.4 Å². The van der Waals surface area contributed by atoms with Crippen molar-refractivity contribution in [3.63, 3.8) is 0 Å². The largest absolute Gasteiger partial charge is 0.497 e. The van der Waals surface area contributed by atoms with E-state index in [1.54, 1.807) is 24.3 Å². The number of carbonyl (C=O) groups is 1. The van der Waals surface area contributed by atoms with E-state index in [9.17, 15) is 18.0 Å². The molecule has 8 nitrogen and oxygen atoms in total. The number of nitrogens with zero attached hydrogens (tertiary/aromatic N) is 4. The molecule has 0 aliphatic carbocycles. The molecule has 0 fully saturated rings. The fraction of sp³-hybridized carbons (Fsp3) is 0.111. The smallest absolute Gasteiger partial charge is 0.471 e. The summed E-state index contributed by atoms with van der Waals surface area (Å²) in [6.45, 7) is 0. The molecule has 11 heteroatoms. The molecule has 0 saturated heterocycles. The summed E-state index contributed by atoms with van der Waals surface area (Å²) in [5.74, 6) is -1.45. The van der Waals surface area contributed by atoms with Gasteiger partial charge in [0.15, 0.2) is 0 Å². The lowest BCUT2D eigenvalue weighted by molar-refractivity contribution is -0.159. The first kappa shape index (κ1) is 18.5. The average molecular weight is 403 g/mol. The molecule has 3 heterocycles. The summed E-state index contributed by atoms with van der Waals surface area (Å²) in [5.41, 5.74) is 1.38. The normalized spacial score (nSPS) is 11.6. The second-order valence-electron chi connectivity index (χ2n) is 5.91. The van der Waals surface area contributed by atoms with Crippen molar-refractivity contribution in [2.45, 2.75) is 6.18 Å². The zero-order valence-corrected chi connectivity index (χ0v) is 14.8. The summed E-state index contributed by atoms with van der Waals surface area (Å²) in [6.07, 6.45) is -1.82. The highest BCUT2D eigenvalue weighted by molar-refractivity contribution is 6.03. The van der Waals surface area contributed by atoms with Crippen molar-refractivity contribution in [3.05, 3.63) is 60.4 Å². The Hall–Kier alpha value is -3.89. The minimum absolute atomic E-state index is 0.127. The monoisotopic (exact) mass is 403 g/mol. The van der Waals surface area contributed by atoms with Crippen LogP contribution in [-0.2, 0) is 6.18 Å². The molecular formula is C18H12F3N5O3. The molecule has 1 aromatic carbocycles. The molecule has 1 amide bonds. The summed E-state index contributed by atoms with van der Waals surface area (Å²) in [4.78, 5) is 20.0. The van der Waals surface area contributed by atoms with E-state index in [1.165, 1.54) is 36.0 Å². The van der Waals surface area contributed by atoms with Gasteiger partial charge in [0.25, 0.3) is 5.91 Å². The third kappa shape index (κ3) is 3.74. The van der Waals surface area contributed by atoms with Gasteiger partial charge >= 0.3 is 12.1 Å². The molecule has 0 aliphatic rings. The van der Waals surface area contributed by atoms with Gasteiger partial charge in [-0.15, -0.1) is 0 Å². The number of aromatic nitrogens is 4.